The standard InChI is InChI=1S/C28H30N6S2/c1-19-23(27(35)33(31-19)21-11-5-3-6-12-21)17-29-25-15-9-10-16-26(25)30-18-24-20(2)32-34(28(24)36)22-13-7-4-8-14-22/h3-8,11-14,17-18,25-26,31-32H,9-10,15-16H2,1-2H3/t25-,26+. The molecule has 0 amide bonds. The molecule has 8 heteroatoms. The summed E-state index contributed by atoms with van der Waals surface area (Å²) in [6, 6.07) is 20.4. The number of hydrogen-bond acceptors (Lipinski definition) is 4. The summed E-state index contributed by atoms with van der Waals surface area (Å²) in [5.41, 5.74) is 5.96. The highest BCUT2D eigenvalue weighted by Crippen LogP contribution is 2.25. The molecule has 2 heterocycles. The van der Waals surface area contributed by atoms with Crippen LogP contribution in [0.4, 0.5) is 0 Å². The molecule has 6 nitrogen and oxygen atoms in total. The summed E-state index contributed by atoms with van der Waals surface area (Å²) in [7, 11) is 0. The molecule has 0 radical (unpaired) electrons. The normalized spacial score (nSPS) is 18.4. The van der Waals surface area contributed by atoms with Gasteiger partial charge in [-0.05, 0) is 51.0 Å². The van der Waals surface area contributed by atoms with E-state index >= 15 is 0 Å². The second kappa shape index (κ2) is 10.7. The quantitative estimate of drug-likeness (QED) is 0.218. The van der Waals surface area contributed by atoms with Gasteiger partial charge in [0.05, 0.1) is 23.5 Å². The summed E-state index contributed by atoms with van der Waals surface area (Å²) in [4.78, 5) is 9.99. The lowest BCUT2D eigenvalue weighted by Crippen LogP contribution is -2.27. The van der Waals surface area contributed by atoms with E-state index in [1.54, 1.807) is 0 Å². The molecule has 0 saturated heterocycles. The van der Waals surface area contributed by atoms with E-state index in [1.807, 2.05) is 96.3 Å². The van der Waals surface area contributed by atoms with Gasteiger partial charge in [-0.1, -0.05) is 73.7 Å². The molecule has 0 unspecified atom stereocenters. The molecule has 1 saturated carbocycles. The molecule has 2 atom stereocenters. The van der Waals surface area contributed by atoms with Crippen molar-refractivity contribution in [3.8, 4) is 11.4 Å². The lowest BCUT2D eigenvalue weighted by Gasteiger charge is -2.25. The summed E-state index contributed by atoms with van der Waals surface area (Å²) in [6.07, 6.45) is 8.24. The SMILES string of the molecule is Cc1[nH]n(-c2ccccc2)c(=S)c1C=N[C@H]1CCCC[C@H]1N=Cc1c(C)[nH]n(-c2ccccc2)c1=S. The predicted molar refractivity (Wildman–Crippen MR) is 153 cm³/mol. The molecule has 4 aromatic rings. The van der Waals surface area contributed by atoms with Gasteiger partial charge in [-0.3, -0.25) is 20.2 Å². The van der Waals surface area contributed by atoms with E-state index < -0.39 is 0 Å². The van der Waals surface area contributed by atoms with Gasteiger partial charge in [0.15, 0.2) is 0 Å². The number of hydrogen-bond donors (Lipinski definition) is 2. The minimum absolute atomic E-state index is 0.123. The second-order valence-electron chi connectivity index (χ2n) is 9.23. The van der Waals surface area contributed by atoms with Crippen molar-refractivity contribution in [3.05, 3.63) is 92.5 Å². The fourth-order valence-electron chi connectivity index (χ4n) is 4.72. The van der Waals surface area contributed by atoms with E-state index in [9.17, 15) is 0 Å². The van der Waals surface area contributed by atoms with Crippen LogP contribution in [-0.4, -0.2) is 44.1 Å². The summed E-state index contributed by atoms with van der Waals surface area (Å²) >= 11 is 11.5. The Morgan fingerprint density at radius 1 is 0.694 bits per heavy atom. The number of aryl methyl sites for hydroxylation is 2. The largest absolute Gasteiger partial charge is 0.297 e. The highest BCUT2D eigenvalue weighted by Gasteiger charge is 2.24. The monoisotopic (exact) mass is 514 g/mol. The topological polar surface area (TPSA) is 66.2 Å². The van der Waals surface area contributed by atoms with Crippen LogP contribution in [0.1, 0.15) is 48.2 Å². The van der Waals surface area contributed by atoms with Crippen LogP contribution in [0.25, 0.3) is 11.4 Å². The molecule has 1 fully saturated rings. The zero-order chi connectivity index (χ0) is 25.1. The maximum atomic E-state index is 5.77. The third-order valence-corrected chi connectivity index (χ3v) is 7.55. The number of para-hydroxylation sites is 2. The number of rotatable bonds is 6. The van der Waals surface area contributed by atoms with Gasteiger partial charge in [0.2, 0.25) is 0 Å². The maximum Gasteiger partial charge on any atom is 0.136 e. The van der Waals surface area contributed by atoms with E-state index in [0.717, 1.165) is 68.9 Å². The molecule has 2 aromatic carbocycles. The van der Waals surface area contributed by atoms with E-state index in [0.29, 0.717) is 0 Å². The van der Waals surface area contributed by atoms with Crippen molar-refractivity contribution in [2.24, 2.45) is 9.98 Å². The lowest BCUT2D eigenvalue weighted by atomic mass is 9.91. The van der Waals surface area contributed by atoms with Gasteiger partial charge < -0.3 is 0 Å². The minimum atomic E-state index is 0.123. The number of benzene rings is 2. The van der Waals surface area contributed by atoms with Crippen LogP contribution in [0.2, 0.25) is 0 Å². The third-order valence-electron chi connectivity index (χ3n) is 6.75. The molecule has 2 aromatic heterocycles. The summed E-state index contributed by atoms with van der Waals surface area (Å²) in [5.74, 6) is 0. The van der Waals surface area contributed by atoms with E-state index in [-0.39, 0.29) is 12.1 Å². The van der Waals surface area contributed by atoms with Crippen molar-refractivity contribution in [2.75, 3.05) is 0 Å². The van der Waals surface area contributed by atoms with E-state index in [4.69, 9.17) is 34.4 Å². The number of aromatic amines is 2. The highest BCUT2D eigenvalue weighted by atomic mass is 32.1. The van der Waals surface area contributed by atoms with Gasteiger partial charge in [-0.2, -0.15) is 0 Å². The molecule has 2 N–H and O–H groups in total. The molecule has 0 spiro atoms. The molecular weight excluding hydrogens is 484 g/mol. The molecule has 1 aliphatic rings. The van der Waals surface area contributed by atoms with Gasteiger partial charge in [0.1, 0.15) is 9.28 Å². The number of H-pyrrole nitrogens is 2. The Morgan fingerprint density at radius 2 is 1.08 bits per heavy atom. The first-order chi connectivity index (χ1) is 17.5. The van der Waals surface area contributed by atoms with Crippen LogP contribution in [0.3, 0.4) is 0 Å². The van der Waals surface area contributed by atoms with Crippen LogP contribution in [0, 0.1) is 23.1 Å². The van der Waals surface area contributed by atoms with Crippen LogP contribution in [-0.2, 0) is 0 Å². The average molecular weight is 515 g/mol. The van der Waals surface area contributed by atoms with Crippen molar-refractivity contribution in [2.45, 2.75) is 51.6 Å². The zero-order valence-corrected chi connectivity index (χ0v) is 22.1. The average Bonchev–Trinajstić information content (AvgIpc) is 3.36. The fourth-order valence-corrected chi connectivity index (χ4v) is 5.43. The van der Waals surface area contributed by atoms with Gasteiger partial charge in [-0.25, -0.2) is 9.36 Å². The summed E-state index contributed by atoms with van der Waals surface area (Å²) in [6.45, 7) is 4.07. The number of aliphatic imine (C=N–C) groups is 2. The summed E-state index contributed by atoms with van der Waals surface area (Å²) < 4.78 is 5.35. The lowest BCUT2D eigenvalue weighted by molar-refractivity contribution is 0.390. The Hall–Kier alpha value is -3.36. The maximum absolute atomic E-state index is 5.77. The molecular formula is C28H30N6S2. The van der Waals surface area contributed by atoms with E-state index in [1.165, 1.54) is 0 Å². The molecule has 184 valence electrons. The van der Waals surface area contributed by atoms with Gasteiger partial charge in [0, 0.05) is 34.9 Å². The molecule has 1 aliphatic carbocycles. The Kier molecular flexibility index (Phi) is 7.25. The Labute approximate surface area is 221 Å². The van der Waals surface area contributed by atoms with Crippen LogP contribution >= 0.6 is 24.4 Å². The van der Waals surface area contributed by atoms with Crippen molar-refractivity contribution in [3.63, 3.8) is 0 Å². The molecule has 0 bridgehead atoms. The van der Waals surface area contributed by atoms with Crippen molar-refractivity contribution >= 4 is 36.9 Å². The summed E-state index contributed by atoms with van der Waals surface area (Å²) in [5, 5.41) is 6.75. The van der Waals surface area contributed by atoms with Crippen LogP contribution < -0.4 is 0 Å². The first-order valence-electron chi connectivity index (χ1n) is 12.3. The zero-order valence-electron chi connectivity index (χ0n) is 20.5. The van der Waals surface area contributed by atoms with Gasteiger partial charge in [-0.15, -0.1) is 0 Å². The first kappa shape index (κ1) is 24.3. The molecule has 5 rings (SSSR count). The number of nitrogens with one attached hydrogen (secondary N) is 2. The van der Waals surface area contributed by atoms with Crippen molar-refractivity contribution in [1.29, 1.82) is 0 Å². The van der Waals surface area contributed by atoms with Crippen LogP contribution in [0.15, 0.2) is 70.6 Å². The highest BCUT2D eigenvalue weighted by molar-refractivity contribution is 7.71. The van der Waals surface area contributed by atoms with Crippen LogP contribution in [0.5, 0.6) is 0 Å². The van der Waals surface area contributed by atoms with Gasteiger partial charge in [0.25, 0.3) is 0 Å². The van der Waals surface area contributed by atoms with Crippen molar-refractivity contribution in [1.82, 2.24) is 19.6 Å². The Morgan fingerprint density at radius 3 is 1.47 bits per heavy atom. The number of nitrogens with zero attached hydrogens (tertiary/aromatic N) is 4. The van der Waals surface area contributed by atoms with E-state index in [2.05, 4.69) is 10.2 Å². The Balaban J connectivity index is 1.38. The second-order valence-corrected chi connectivity index (χ2v) is 10.0. The molecule has 36 heavy (non-hydrogen) atoms. The number of aromatic nitrogens is 4. The third kappa shape index (κ3) is 4.96. The van der Waals surface area contributed by atoms with Gasteiger partial charge >= 0.3 is 0 Å². The first-order valence-corrected chi connectivity index (χ1v) is 13.1. The van der Waals surface area contributed by atoms with Crippen molar-refractivity contribution < 1.29 is 0 Å². The molecule has 0 aliphatic heterocycles. The minimum Gasteiger partial charge on any atom is -0.297 e. The fraction of sp³-hybridized carbons (Fsp3) is 0.286. The smallest absolute Gasteiger partial charge is 0.136 e. The predicted octanol–water partition coefficient (Wildman–Crippen LogP) is 6.85. The Bertz CT molecular complexity index is 1390.